The Morgan fingerprint density at radius 3 is 2.69 bits per heavy atom. The molecule has 0 bridgehead atoms. The van der Waals surface area contributed by atoms with Crippen molar-refractivity contribution in [3.63, 3.8) is 0 Å². The summed E-state index contributed by atoms with van der Waals surface area (Å²) in [6, 6.07) is 12.4. The molecule has 1 atom stereocenters. The molecule has 132 valence electrons. The van der Waals surface area contributed by atoms with E-state index in [0.29, 0.717) is 16.9 Å². The normalized spacial score (nSPS) is 20.0. The third kappa shape index (κ3) is 2.54. The lowest BCUT2D eigenvalue weighted by Crippen LogP contribution is -2.40. The fourth-order valence-electron chi connectivity index (χ4n) is 3.06. The maximum Gasteiger partial charge on any atom is 0.325 e. The van der Waals surface area contributed by atoms with Gasteiger partial charge < -0.3 is 9.73 Å². The zero-order valence-electron chi connectivity index (χ0n) is 13.8. The number of nitrogens with one attached hydrogen (secondary N) is 1. The second-order valence-corrected chi connectivity index (χ2v) is 6.74. The number of nitrogens with zero attached hydrogens (tertiary/aromatic N) is 1. The number of furan rings is 1. The molecule has 0 spiro atoms. The molecule has 0 aliphatic carbocycles. The number of carbonyl (C=O) groups excluding carboxylic acids is 2. The summed E-state index contributed by atoms with van der Waals surface area (Å²) in [5.41, 5.74) is -0.209. The molecule has 2 heterocycles. The van der Waals surface area contributed by atoms with Gasteiger partial charge in [-0.3, -0.25) is 9.69 Å². The van der Waals surface area contributed by atoms with Crippen LogP contribution in [0.1, 0.15) is 18.2 Å². The molecule has 2 aromatic carbocycles. The van der Waals surface area contributed by atoms with Gasteiger partial charge in [-0.05, 0) is 36.8 Å². The summed E-state index contributed by atoms with van der Waals surface area (Å²) in [5, 5.41) is 3.68. The Hall–Kier alpha value is -2.86. The largest absolute Gasteiger partial charge is 0.458 e. The first-order valence-electron chi connectivity index (χ1n) is 7.95. The number of carbonyl (C=O) groups is 2. The highest BCUT2D eigenvalue weighted by Gasteiger charge is 2.51. The zero-order chi connectivity index (χ0) is 18.5. The quantitative estimate of drug-likeness (QED) is 0.701. The molecule has 5 nitrogen and oxygen atoms in total. The SMILES string of the molecule is CC1(c2cc3ccccc3o2)NC(=O)N(Cc2ccc(F)cc2Cl)C1=O. The number of fused-ring (bicyclic) bond motifs is 1. The summed E-state index contributed by atoms with van der Waals surface area (Å²) in [5.74, 6) is -0.588. The molecule has 1 fully saturated rings. The number of benzene rings is 2. The summed E-state index contributed by atoms with van der Waals surface area (Å²) < 4.78 is 19.0. The average molecular weight is 373 g/mol. The first-order chi connectivity index (χ1) is 12.4. The number of imide groups is 1. The molecule has 0 radical (unpaired) electrons. The number of rotatable bonds is 3. The summed E-state index contributed by atoms with van der Waals surface area (Å²) in [7, 11) is 0. The van der Waals surface area contributed by atoms with Gasteiger partial charge in [0.25, 0.3) is 5.91 Å². The van der Waals surface area contributed by atoms with Crippen molar-refractivity contribution >= 4 is 34.5 Å². The second-order valence-electron chi connectivity index (χ2n) is 6.33. The van der Waals surface area contributed by atoms with Crippen molar-refractivity contribution in [1.29, 1.82) is 0 Å². The highest BCUT2D eigenvalue weighted by molar-refractivity contribution is 6.31. The molecular weight excluding hydrogens is 359 g/mol. The van der Waals surface area contributed by atoms with Crippen LogP contribution in [-0.2, 0) is 16.9 Å². The molecule has 1 unspecified atom stereocenters. The van der Waals surface area contributed by atoms with Crippen LogP contribution in [0.25, 0.3) is 11.0 Å². The van der Waals surface area contributed by atoms with Crippen molar-refractivity contribution in [2.45, 2.75) is 19.0 Å². The fraction of sp³-hybridized carbons (Fsp3) is 0.158. The van der Waals surface area contributed by atoms with Gasteiger partial charge in [0, 0.05) is 10.4 Å². The first kappa shape index (κ1) is 16.6. The van der Waals surface area contributed by atoms with Crippen LogP contribution in [-0.4, -0.2) is 16.8 Å². The van der Waals surface area contributed by atoms with Crippen LogP contribution in [0.5, 0.6) is 0 Å². The molecule has 1 N–H and O–H groups in total. The van der Waals surface area contributed by atoms with Crippen LogP contribution in [0, 0.1) is 5.82 Å². The van der Waals surface area contributed by atoms with E-state index >= 15 is 0 Å². The van der Waals surface area contributed by atoms with Gasteiger partial charge in [-0.25, -0.2) is 9.18 Å². The molecular formula is C19H14ClFN2O3. The van der Waals surface area contributed by atoms with Crippen molar-refractivity contribution in [3.05, 3.63) is 70.7 Å². The van der Waals surface area contributed by atoms with Gasteiger partial charge in [-0.2, -0.15) is 0 Å². The van der Waals surface area contributed by atoms with Crippen LogP contribution in [0.4, 0.5) is 9.18 Å². The Kier molecular flexibility index (Phi) is 3.73. The van der Waals surface area contributed by atoms with E-state index in [2.05, 4.69) is 5.32 Å². The Morgan fingerprint density at radius 2 is 1.96 bits per heavy atom. The first-order valence-corrected chi connectivity index (χ1v) is 8.33. The topological polar surface area (TPSA) is 62.6 Å². The molecule has 7 heteroatoms. The maximum atomic E-state index is 13.2. The van der Waals surface area contributed by atoms with Crippen LogP contribution < -0.4 is 5.32 Å². The number of hydrogen-bond acceptors (Lipinski definition) is 3. The molecule has 1 aromatic heterocycles. The summed E-state index contributed by atoms with van der Waals surface area (Å²) in [6.07, 6.45) is 0. The summed E-state index contributed by atoms with van der Waals surface area (Å²) in [6.45, 7) is 1.54. The van der Waals surface area contributed by atoms with Crippen LogP contribution in [0.15, 0.2) is 52.9 Å². The lowest BCUT2D eigenvalue weighted by Gasteiger charge is -2.19. The van der Waals surface area contributed by atoms with Gasteiger partial charge in [0.05, 0.1) is 6.54 Å². The van der Waals surface area contributed by atoms with Gasteiger partial charge in [0.2, 0.25) is 0 Å². The van der Waals surface area contributed by atoms with Crippen molar-refractivity contribution in [2.75, 3.05) is 0 Å². The number of amides is 3. The van der Waals surface area contributed by atoms with E-state index < -0.39 is 23.3 Å². The summed E-state index contributed by atoms with van der Waals surface area (Å²) in [4.78, 5) is 26.4. The minimum atomic E-state index is -1.32. The van der Waals surface area contributed by atoms with Crippen LogP contribution >= 0.6 is 11.6 Å². The summed E-state index contributed by atoms with van der Waals surface area (Å²) >= 11 is 6.02. The Labute approximate surface area is 153 Å². The van der Waals surface area contributed by atoms with Crippen molar-refractivity contribution in [1.82, 2.24) is 10.2 Å². The molecule has 26 heavy (non-hydrogen) atoms. The van der Waals surface area contributed by atoms with Gasteiger partial charge in [-0.1, -0.05) is 35.9 Å². The lowest BCUT2D eigenvalue weighted by atomic mass is 9.98. The number of para-hydroxylation sites is 1. The lowest BCUT2D eigenvalue weighted by molar-refractivity contribution is -0.132. The van der Waals surface area contributed by atoms with Gasteiger partial charge in [0.15, 0.2) is 5.54 Å². The van der Waals surface area contributed by atoms with E-state index in [9.17, 15) is 14.0 Å². The zero-order valence-corrected chi connectivity index (χ0v) is 14.5. The van der Waals surface area contributed by atoms with E-state index in [0.717, 1.165) is 16.4 Å². The average Bonchev–Trinajstić information content (AvgIpc) is 3.13. The Morgan fingerprint density at radius 1 is 1.19 bits per heavy atom. The fourth-order valence-corrected chi connectivity index (χ4v) is 3.28. The predicted molar refractivity (Wildman–Crippen MR) is 94.1 cm³/mol. The van der Waals surface area contributed by atoms with E-state index in [1.807, 2.05) is 18.2 Å². The molecule has 1 aliphatic heterocycles. The molecule has 3 amide bonds. The van der Waals surface area contributed by atoms with Crippen molar-refractivity contribution in [3.8, 4) is 0 Å². The third-order valence-electron chi connectivity index (χ3n) is 4.54. The molecule has 3 aromatic rings. The monoisotopic (exact) mass is 372 g/mol. The van der Waals surface area contributed by atoms with Gasteiger partial charge >= 0.3 is 6.03 Å². The number of urea groups is 1. The molecule has 1 saturated heterocycles. The van der Waals surface area contributed by atoms with E-state index in [-0.39, 0.29) is 11.6 Å². The van der Waals surface area contributed by atoms with E-state index in [1.54, 1.807) is 19.1 Å². The second kappa shape index (κ2) is 5.85. The van der Waals surface area contributed by atoms with Gasteiger partial charge in [0.1, 0.15) is 17.2 Å². The predicted octanol–water partition coefficient (Wildman–Crippen LogP) is 4.19. The standard InChI is InChI=1S/C19H14ClFN2O3/c1-19(16-8-11-4-2-3-5-15(11)26-16)17(24)23(18(25)22-19)10-12-6-7-13(21)9-14(12)20/h2-9H,10H2,1H3,(H,22,25). The number of hydrogen-bond donors (Lipinski definition) is 1. The minimum absolute atomic E-state index is 0.0560. The number of halogens is 2. The third-order valence-corrected chi connectivity index (χ3v) is 4.89. The Balaban J connectivity index is 1.67. The van der Waals surface area contributed by atoms with Crippen molar-refractivity contribution < 1.29 is 18.4 Å². The van der Waals surface area contributed by atoms with E-state index in [1.165, 1.54) is 12.1 Å². The molecule has 0 saturated carbocycles. The molecule has 4 rings (SSSR count). The highest BCUT2D eigenvalue weighted by Crippen LogP contribution is 2.34. The minimum Gasteiger partial charge on any atom is -0.458 e. The Bertz CT molecular complexity index is 1020. The highest BCUT2D eigenvalue weighted by atomic mass is 35.5. The molecule has 1 aliphatic rings. The maximum absolute atomic E-state index is 13.2. The smallest absolute Gasteiger partial charge is 0.325 e. The van der Waals surface area contributed by atoms with Crippen molar-refractivity contribution in [2.24, 2.45) is 0 Å². The van der Waals surface area contributed by atoms with Gasteiger partial charge in [-0.15, -0.1) is 0 Å². The van der Waals surface area contributed by atoms with E-state index in [4.69, 9.17) is 16.0 Å². The van der Waals surface area contributed by atoms with Crippen LogP contribution in [0.3, 0.4) is 0 Å². The van der Waals surface area contributed by atoms with Crippen LogP contribution in [0.2, 0.25) is 5.02 Å².